The highest BCUT2D eigenvalue weighted by Gasteiger charge is 2.16. The largest absolute Gasteiger partial charge is 0.462 e. The van der Waals surface area contributed by atoms with Crippen molar-refractivity contribution < 1.29 is 4.42 Å². The number of rotatable bonds is 1. The maximum Gasteiger partial charge on any atom is 0.157 e. The summed E-state index contributed by atoms with van der Waals surface area (Å²) < 4.78 is 5.72. The number of furan rings is 1. The van der Waals surface area contributed by atoms with E-state index >= 15 is 0 Å². The summed E-state index contributed by atoms with van der Waals surface area (Å²) in [7, 11) is 2.13. The van der Waals surface area contributed by atoms with Gasteiger partial charge in [-0.1, -0.05) is 30.3 Å². The number of benzene rings is 1. The van der Waals surface area contributed by atoms with Gasteiger partial charge >= 0.3 is 0 Å². The van der Waals surface area contributed by atoms with Crippen LogP contribution in [0.5, 0.6) is 0 Å². The molecule has 16 heavy (non-hydrogen) atoms. The third kappa shape index (κ3) is 1.42. The molecule has 0 saturated heterocycles. The first kappa shape index (κ1) is 9.52. The van der Waals surface area contributed by atoms with Crippen molar-refractivity contribution in [3.8, 4) is 0 Å². The summed E-state index contributed by atoms with van der Waals surface area (Å²) in [4.78, 5) is 2.27. The summed E-state index contributed by atoms with van der Waals surface area (Å²) in [6, 6.07) is 8.31. The first-order chi connectivity index (χ1) is 7.86. The molecule has 2 heterocycles. The van der Waals surface area contributed by atoms with Gasteiger partial charge in [-0.25, -0.2) is 0 Å². The van der Waals surface area contributed by atoms with Gasteiger partial charge in [0.05, 0.1) is 12.0 Å². The lowest BCUT2D eigenvalue weighted by molar-refractivity contribution is 0.428. The van der Waals surface area contributed by atoms with E-state index in [9.17, 15) is 0 Å². The van der Waals surface area contributed by atoms with Crippen molar-refractivity contribution in [2.24, 2.45) is 0 Å². The first-order valence-corrected chi connectivity index (χ1v) is 5.74. The van der Waals surface area contributed by atoms with Crippen LogP contribution in [-0.2, 0) is 0 Å². The molecule has 0 unspecified atom stereocenters. The Morgan fingerprint density at radius 1 is 1.25 bits per heavy atom. The third-order valence-corrected chi connectivity index (χ3v) is 3.19. The molecule has 0 spiro atoms. The smallest absolute Gasteiger partial charge is 0.157 e. The van der Waals surface area contributed by atoms with Crippen LogP contribution in [0, 0.1) is 0 Å². The van der Waals surface area contributed by atoms with Gasteiger partial charge < -0.3 is 9.32 Å². The van der Waals surface area contributed by atoms with Gasteiger partial charge in [0, 0.05) is 24.4 Å². The maximum atomic E-state index is 5.72. The Kier molecular flexibility index (Phi) is 2.21. The van der Waals surface area contributed by atoms with Gasteiger partial charge in [-0.3, -0.25) is 0 Å². The fourth-order valence-electron chi connectivity index (χ4n) is 2.30. The quantitative estimate of drug-likeness (QED) is 0.720. The van der Waals surface area contributed by atoms with E-state index in [2.05, 4.69) is 36.2 Å². The van der Waals surface area contributed by atoms with Gasteiger partial charge in [0.1, 0.15) is 0 Å². The summed E-state index contributed by atoms with van der Waals surface area (Å²) in [6.45, 7) is 1.11. The van der Waals surface area contributed by atoms with Crippen LogP contribution in [0.2, 0.25) is 0 Å². The molecular weight excluding hydrogens is 198 g/mol. The molecule has 0 aliphatic carbocycles. The van der Waals surface area contributed by atoms with Crippen LogP contribution in [0.25, 0.3) is 16.5 Å². The molecule has 0 bridgehead atoms. The topological polar surface area (TPSA) is 16.4 Å². The van der Waals surface area contributed by atoms with Crippen molar-refractivity contribution in [3.63, 3.8) is 0 Å². The SMILES string of the molecule is CN1CCCC=C1c1occ2ccccc12. The molecule has 1 aromatic heterocycles. The normalized spacial score (nSPS) is 16.6. The number of hydrogen-bond acceptors (Lipinski definition) is 2. The van der Waals surface area contributed by atoms with Crippen LogP contribution in [0.15, 0.2) is 41.0 Å². The van der Waals surface area contributed by atoms with E-state index in [-0.39, 0.29) is 0 Å². The molecule has 2 aromatic rings. The van der Waals surface area contributed by atoms with Crippen molar-refractivity contribution >= 4 is 16.5 Å². The zero-order valence-electron chi connectivity index (χ0n) is 9.44. The molecule has 0 fully saturated rings. The summed E-state index contributed by atoms with van der Waals surface area (Å²) in [5.74, 6) is 1.01. The zero-order valence-corrected chi connectivity index (χ0v) is 9.44. The molecule has 1 aliphatic rings. The van der Waals surface area contributed by atoms with Crippen molar-refractivity contribution in [2.45, 2.75) is 12.8 Å². The van der Waals surface area contributed by atoms with Crippen molar-refractivity contribution in [1.29, 1.82) is 0 Å². The predicted molar refractivity (Wildman–Crippen MR) is 66.1 cm³/mol. The van der Waals surface area contributed by atoms with E-state index in [1.807, 2.05) is 12.3 Å². The monoisotopic (exact) mass is 213 g/mol. The maximum absolute atomic E-state index is 5.72. The number of hydrogen-bond donors (Lipinski definition) is 0. The van der Waals surface area contributed by atoms with Gasteiger partial charge in [-0.05, 0) is 12.8 Å². The number of nitrogens with zero attached hydrogens (tertiary/aromatic N) is 1. The minimum atomic E-state index is 1.01. The molecule has 1 aromatic carbocycles. The molecule has 0 atom stereocenters. The van der Waals surface area contributed by atoms with Crippen molar-refractivity contribution in [2.75, 3.05) is 13.6 Å². The molecule has 82 valence electrons. The Balaban J connectivity index is 2.15. The Hall–Kier alpha value is -1.70. The summed E-state index contributed by atoms with van der Waals surface area (Å²) >= 11 is 0. The van der Waals surface area contributed by atoms with Crippen LogP contribution < -0.4 is 0 Å². The highest BCUT2D eigenvalue weighted by molar-refractivity contribution is 5.91. The van der Waals surface area contributed by atoms with E-state index in [0.29, 0.717) is 0 Å². The fourth-order valence-corrected chi connectivity index (χ4v) is 2.30. The highest BCUT2D eigenvalue weighted by Crippen LogP contribution is 2.30. The average Bonchev–Trinajstić information content (AvgIpc) is 2.74. The van der Waals surface area contributed by atoms with Gasteiger partial charge in [-0.2, -0.15) is 0 Å². The number of fused-ring (bicyclic) bond motifs is 1. The minimum absolute atomic E-state index is 1.01. The lowest BCUT2D eigenvalue weighted by Gasteiger charge is -2.25. The summed E-state index contributed by atoms with van der Waals surface area (Å²) in [5.41, 5.74) is 1.23. The lowest BCUT2D eigenvalue weighted by Crippen LogP contribution is -2.20. The van der Waals surface area contributed by atoms with Gasteiger partial charge in [0.2, 0.25) is 0 Å². The van der Waals surface area contributed by atoms with E-state index in [4.69, 9.17) is 4.42 Å². The fraction of sp³-hybridized carbons (Fsp3) is 0.286. The highest BCUT2D eigenvalue weighted by atomic mass is 16.3. The second-order valence-corrected chi connectivity index (χ2v) is 4.31. The second kappa shape index (κ2) is 3.71. The summed E-state index contributed by atoms with van der Waals surface area (Å²) in [6.07, 6.45) is 6.50. The molecule has 2 nitrogen and oxygen atoms in total. The van der Waals surface area contributed by atoms with E-state index in [0.717, 1.165) is 18.7 Å². The molecule has 2 heteroatoms. The molecule has 3 rings (SSSR count). The van der Waals surface area contributed by atoms with Crippen LogP contribution >= 0.6 is 0 Å². The van der Waals surface area contributed by atoms with Crippen molar-refractivity contribution in [1.82, 2.24) is 4.90 Å². The van der Waals surface area contributed by atoms with Crippen LogP contribution in [0.3, 0.4) is 0 Å². The number of allylic oxidation sites excluding steroid dienone is 1. The van der Waals surface area contributed by atoms with Crippen molar-refractivity contribution in [3.05, 3.63) is 42.4 Å². The van der Waals surface area contributed by atoms with Gasteiger partial charge in [0.25, 0.3) is 0 Å². The van der Waals surface area contributed by atoms with Crippen LogP contribution in [0.4, 0.5) is 0 Å². The Morgan fingerprint density at radius 2 is 2.12 bits per heavy atom. The Morgan fingerprint density at radius 3 is 3.00 bits per heavy atom. The molecule has 0 N–H and O–H groups in total. The van der Waals surface area contributed by atoms with E-state index < -0.39 is 0 Å². The van der Waals surface area contributed by atoms with Gasteiger partial charge in [-0.15, -0.1) is 0 Å². The average molecular weight is 213 g/mol. The van der Waals surface area contributed by atoms with Crippen LogP contribution in [0.1, 0.15) is 18.6 Å². The van der Waals surface area contributed by atoms with E-state index in [1.165, 1.54) is 22.9 Å². The third-order valence-electron chi connectivity index (χ3n) is 3.19. The predicted octanol–water partition coefficient (Wildman–Crippen LogP) is 3.50. The minimum Gasteiger partial charge on any atom is -0.462 e. The Bertz CT molecular complexity index is 538. The molecule has 1 aliphatic heterocycles. The standard InChI is InChI=1S/C14H15NO/c1-15-9-5-4-8-13(15)14-12-7-3-2-6-11(12)10-16-14/h2-3,6-8,10H,4-5,9H2,1H3. The Labute approximate surface area is 95.2 Å². The molecule has 0 saturated carbocycles. The molecular formula is C14H15NO. The second-order valence-electron chi connectivity index (χ2n) is 4.31. The summed E-state index contributed by atoms with van der Waals surface area (Å²) in [5, 5.41) is 2.39. The first-order valence-electron chi connectivity index (χ1n) is 5.74. The zero-order chi connectivity index (χ0) is 11.0. The molecule has 0 radical (unpaired) electrons. The van der Waals surface area contributed by atoms with Gasteiger partial charge in [0.15, 0.2) is 5.76 Å². The van der Waals surface area contributed by atoms with Crippen LogP contribution in [-0.4, -0.2) is 18.5 Å². The van der Waals surface area contributed by atoms with E-state index in [1.54, 1.807) is 0 Å². The lowest BCUT2D eigenvalue weighted by atomic mass is 10.1. The molecule has 0 amide bonds.